The molecule has 4 heteroatoms. The smallest absolute Gasteiger partial charge is 0.253 e. The van der Waals surface area contributed by atoms with Crippen LogP contribution in [0.4, 0.5) is 0 Å². The van der Waals surface area contributed by atoms with E-state index in [9.17, 15) is 4.79 Å². The molecule has 0 aliphatic carbocycles. The monoisotopic (exact) mass is 244 g/mol. The zero-order chi connectivity index (χ0) is 13.1. The van der Waals surface area contributed by atoms with Gasteiger partial charge in [0.25, 0.3) is 5.56 Å². The van der Waals surface area contributed by atoms with Crippen molar-refractivity contribution in [1.82, 2.24) is 4.98 Å². The summed E-state index contributed by atoms with van der Waals surface area (Å²) in [6.45, 7) is 2.13. The third-order valence-electron chi connectivity index (χ3n) is 2.96. The Balaban J connectivity index is 2.62. The lowest BCUT2D eigenvalue weighted by atomic mass is 10.1. The second kappa shape index (κ2) is 5.06. The number of methoxy groups -OCH3 is 1. The number of ether oxygens (including phenoxy) is 1. The van der Waals surface area contributed by atoms with E-state index in [0.29, 0.717) is 5.56 Å². The Morgan fingerprint density at radius 2 is 2.06 bits per heavy atom. The van der Waals surface area contributed by atoms with Gasteiger partial charge in [-0.2, -0.15) is 0 Å². The van der Waals surface area contributed by atoms with E-state index in [0.717, 1.165) is 22.6 Å². The van der Waals surface area contributed by atoms with E-state index in [1.165, 1.54) is 0 Å². The molecule has 0 spiro atoms. The summed E-state index contributed by atoms with van der Waals surface area (Å²) in [7, 11) is 1.61. The molecule has 0 unspecified atom stereocenters. The van der Waals surface area contributed by atoms with E-state index in [1.807, 2.05) is 37.3 Å². The molecule has 2 rings (SSSR count). The van der Waals surface area contributed by atoms with Gasteiger partial charge in [0.2, 0.25) is 0 Å². The van der Waals surface area contributed by atoms with E-state index in [4.69, 9.17) is 10.5 Å². The van der Waals surface area contributed by atoms with Crippen molar-refractivity contribution in [2.24, 2.45) is 5.73 Å². The van der Waals surface area contributed by atoms with Crippen molar-refractivity contribution < 1.29 is 4.74 Å². The first kappa shape index (κ1) is 12.4. The Morgan fingerprint density at radius 1 is 1.33 bits per heavy atom. The number of benzene rings is 1. The molecular formula is C14H16N2O2. The Bertz CT molecular complexity index is 617. The number of rotatable bonds is 3. The maximum absolute atomic E-state index is 11.9. The van der Waals surface area contributed by atoms with Crippen LogP contribution >= 0.6 is 0 Å². The van der Waals surface area contributed by atoms with Gasteiger partial charge >= 0.3 is 0 Å². The number of nitrogens with two attached hydrogens (primary N) is 1. The van der Waals surface area contributed by atoms with Gasteiger partial charge in [0.1, 0.15) is 5.75 Å². The second-order valence-corrected chi connectivity index (χ2v) is 4.08. The van der Waals surface area contributed by atoms with Crippen LogP contribution in [0.5, 0.6) is 5.75 Å². The van der Waals surface area contributed by atoms with Crippen LogP contribution in [0.25, 0.3) is 11.3 Å². The van der Waals surface area contributed by atoms with Crippen LogP contribution in [0, 0.1) is 6.92 Å². The van der Waals surface area contributed by atoms with E-state index in [1.54, 1.807) is 7.11 Å². The molecule has 1 aromatic carbocycles. The Morgan fingerprint density at radius 3 is 2.67 bits per heavy atom. The lowest BCUT2D eigenvalue weighted by Gasteiger charge is -2.10. The first-order valence-corrected chi connectivity index (χ1v) is 5.73. The van der Waals surface area contributed by atoms with Crippen LogP contribution < -0.4 is 16.0 Å². The number of nitrogens with one attached hydrogen (secondary N) is 1. The first-order valence-electron chi connectivity index (χ1n) is 5.73. The Hall–Kier alpha value is -2.07. The summed E-state index contributed by atoms with van der Waals surface area (Å²) in [5.74, 6) is 0.730. The summed E-state index contributed by atoms with van der Waals surface area (Å²) in [6.07, 6.45) is 0. The summed E-state index contributed by atoms with van der Waals surface area (Å²) in [4.78, 5) is 14.7. The predicted octanol–water partition coefficient (Wildman–Crippen LogP) is 1.82. The van der Waals surface area contributed by atoms with Crippen molar-refractivity contribution in [3.8, 4) is 17.0 Å². The molecule has 3 N–H and O–H groups in total. The van der Waals surface area contributed by atoms with E-state index < -0.39 is 0 Å². The molecule has 2 aromatic rings. The van der Waals surface area contributed by atoms with Crippen LogP contribution in [0.15, 0.2) is 35.1 Å². The van der Waals surface area contributed by atoms with Crippen molar-refractivity contribution in [1.29, 1.82) is 0 Å². The maximum atomic E-state index is 11.9. The minimum atomic E-state index is -0.140. The number of pyridine rings is 1. The molecule has 0 atom stereocenters. The van der Waals surface area contributed by atoms with Crippen molar-refractivity contribution in [3.63, 3.8) is 0 Å². The fraction of sp³-hybridized carbons (Fsp3) is 0.214. The van der Waals surface area contributed by atoms with Gasteiger partial charge < -0.3 is 15.5 Å². The van der Waals surface area contributed by atoms with E-state index in [2.05, 4.69) is 4.98 Å². The lowest BCUT2D eigenvalue weighted by molar-refractivity contribution is 0.416. The second-order valence-electron chi connectivity index (χ2n) is 4.08. The minimum absolute atomic E-state index is 0.140. The van der Waals surface area contributed by atoms with Gasteiger partial charge in [0, 0.05) is 17.7 Å². The van der Waals surface area contributed by atoms with Crippen molar-refractivity contribution in [3.05, 3.63) is 51.8 Å². The number of hydrogen-bond acceptors (Lipinski definition) is 3. The van der Waals surface area contributed by atoms with Crippen molar-refractivity contribution in [2.45, 2.75) is 13.5 Å². The quantitative estimate of drug-likeness (QED) is 0.865. The highest BCUT2D eigenvalue weighted by Gasteiger charge is 2.09. The molecule has 0 bridgehead atoms. The number of H-pyrrole nitrogens is 1. The van der Waals surface area contributed by atoms with Gasteiger partial charge in [-0.1, -0.05) is 12.1 Å². The third kappa shape index (κ3) is 2.15. The molecule has 4 nitrogen and oxygen atoms in total. The van der Waals surface area contributed by atoms with Crippen LogP contribution in [-0.2, 0) is 6.54 Å². The van der Waals surface area contributed by atoms with E-state index >= 15 is 0 Å². The molecule has 1 heterocycles. The number of aromatic amines is 1. The molecule has 1 aromatic heterocycles. The standard InChI is InChI=1S/C14H16N2O2/c1-9-7-12(16-14(17)11(9)8-15)10-5-3-4-6-13(10)18-2/h3-7H,8,15H2,1-2H3,(H,16,17). The summed E-state index contributed by atoms with van der Waals surface area (Å²) in [5.41, 5.74) is 8.53. The molecular weight excluding hydrogens is 228 g/mol. The van der Waals surface area contributed by atoms with Gasteiger partial charge in [-0.05, 0) is 30.7 Å². The van der Waals surface area contributed by atoms with Crippen LogP contribution in [-0.4, -0.2) is 12.1 Å². The Labute approximate surface area is 105 Å². The molecule has 0 fully saturated rings. The Kier molecular flexibility index (Phi) is 3.48. The molecule has 0 saturated heterocycles. The highest BCUT2D eigenvalue weighted by atomic mass is 16.5. The molecule has 18 heavy (non-hydrogen) atoms. The molecule has 0 saturated carbocycles. The van der Waals surface area contributed by atoms with E-state index in [-0.39, 0.29) is 12.1 Å². The zero-order valence-corrected chi connectivity index (χ0v) is 10.5. The molecule has 94 valence electrons. The van der Waals surface area contributed by atoms with Gasteiger partial charge in [-0.25, -0.2) is 0 Å². The first-order chi connectivity index (χ1) is 8.67. The van der Waals surface area contributed by atoms with Crippen LogP contribution in [0.2, 0.25) is 0 Å². The largest absolute Gasteiger partial charge is 0.496 e. The summed E-state index contributed by atoms with van der Waals surface area (Å²) in [5, 5.41) is 0. The summed E-state index contributed by atoms with van der Waals surface area (Å²) >= 11 is 0. The van der Waals surface area contributed by atoms with Crippen molar-refractivity contribution in [2.75, 3.05) is 7.11 Å². The highest BCUT2D eigenvalue weighted by Crippen LogP contribution is 2.28. The maximum Gasteiger partial charge on any atom is 0.253 e. The number of aryl methyl sites for hydroxylation is 1. The molecule has 0 aliphatic heterocycles. The lowest BCUT2D eigenvalue weighted by Crippen LogP contribution is -2.18. The summed E-state index contributed by atoms with van der Waals surface area (Å²) < 4.78 is 5.29. The number of aromatic nitrogens is 1. The summed E-state index contributed by atoms with van der Waals surface area (Å²) in [6, 6.07) is 9.48. The van der Waals surface area contributed by atoms with Crippen molar-refractivity contribution >= 4 is 0 Å². The SMILES string of the molecule is COc1ccccc1-c1cc(C)c(CN)c(=O)[nH]1. The van der Waals surface area contributed by atoms with Gasteiger partial charge in [-0.3, -0.25) is 4.79 Å². The van der Waals surface area contributed by atoms with Gasteiger partial charge in [-0.15, -0.1) is 0 Å². The minimum Gasteiger partial charge on any atom is -0.496 e. The average Bonchev–Trinajstić information content (AvgIpc) is 2.38. The molecule has 0 amide bonds. The topological polar surface area (TPSA) is 68.1 Å². The fourth-order valence-electron chi connectivity index (χ4n) is 1.98. The van der Waals surface area contributed by atoms with Crippen LogP contribution in [0.1, 0.15) is 11.1 Å². The van der Waals surface area contributed by atoms with Gasteiger partial charge in [0.15, 0.2) is 0 Å². The molecule has 0 aliphatic rings. The van der Waals surface area contributed by atoms with Crippen LogP contribution in [0.3, 0.4) is 0 Å². The highest BCUT2D eigenvalue weighted by molar-refractivity contribution is 5.67. The molecule has 0 radical (unpaired) electrons. The third-order valence-corrected chi connectivity index (χ3v) is 2.96. The zero-order valence-electron chi connectivity index (χ0n) is 10.5. The number of para-hydroxylation sites is 1. The number of hydrogen-bond donors (Lipinski definition) is 2. The average molecular weight is 244 g/mol. The normalized spacial score (nSPS) is 10.4. The predicted molar refractivity (Wildman–Crippen MR) is 71.7 cm³/mol. The van der Waals surface area contributed by atoms with Gasteiger partial charge in [0.05, 0.1) is 12.8 Å². The fourth-order valence-corrected chi connectivity index (χ4v) is 1.98.